The van der Waals surface area contributed by atoms with Crippen molar-refractivity contribution >= 4 is 11.6 Å². The molecule has 0 fully saturated rings. The molecule has 132 valence electrons. The Labute approximate surface area is 156 Å². The van der Waals surface area contributed by atoms with Crippen LogP contribution in [0.4, 0.5) is 5.69 Å². The lowest BCUT2D eigenvalue weighted by Crippen LogP contribution is -2.22. The number of tetrazole rings is 1. The number of carbonyl (C=O) groups excluding carboxylic acids is 1. The van der Waals surface area contributed by atoms with Crippen LogP contribution in [0.5, 0.6) is 0 Å². The molecule has 0 saturated carbocycles. The minimum atomic E-state index is -0.402. The molecule has 3 aromatic carbocycles. The van der Waals surface area contributed by atoms with Gasteiger partial charge in [-0.15, -0.1) is 10.2 Å². The number of benzene rings is 3. The first kappa shape index (κ1) is 16.7. The van der Waals surface area contributed by atoms with E-state index in [0.717, 1.165) is 16.7 Å². The summed E-state index contributed by atoms with van der Waals surface area (Å²) >= 11 is 0. The maximum atomic E-state index is 13.2. The second-order valence-electron chi connectivity index (χ2n) is 6.06. The van der Waals surface area contributed by atoms with Gasteiger partial charge in [0.15, 0.2) is 0 Å². The number of H-pyrrole nitrogens is 1. The van der Waals surface area contributed by atoms with Gasteiger partial charge in [0.1, 0.15) is 0 Å². The monoisotopic (exact) mass is 355 g/mol. The van der Waals surface area contributed by atoms with Gasteiger partial charge in [-0.1, -0.05) is 72.8 Å². The fourth-order valence-electron chi connectivity index (χ4n) is 3.02. The van der Waals surface area contributed by atoms with E-state index in [2.05, 4.69) is 25.9 Å². The van der Waals surface area contributed by atoms with Crippen LogP contribution >= 0.6 is 0 Å². The zero-order chi connectivity index (χ0) is 18.5. The molecule has 6 nitrogen and oxygen atoms in total. The Morgan fingerprint density at radius 3 is 2.11 bits per heavy atom. The summed E-state index contributed by atoms with van der Waals surface area (Å²) < 4.78 is 0. The van der Waals surface area contributed by atoms with Crippen molar-refractivity contribution in [1.82, 2.24) is 20.6 Å². The zero-order valence-corrected chi connectivity index (χ0v) is 14.4. The number of amides is 1. The first-order valence-electron chi connectivity index (χ1n) is 8.56. The van der Waals surface area contributed by atoms with Crippen molar-refractivity contribution in [2.24, 2.45) is 0 Å². The zero-order valence-electron chi connectivity index (χ0n) is 14.4. The highest BCUT2D eigenvalue weighted by atomic mass is 16.1. The highest BCUT2D eigenvalue weighted by Gasteiger charge is 2.22. The number of aromatic nitrogens is 4. The summed E-state index contributed by atoms with van der Waals surface area (Å²) in [7, 11) is 0. The molecule has 27 heavy (non-hydrogen) atoms. The van der Waals surface area contributed by atoms with Crippen molar-refractivity contribution in [2.75, 3.05) is 5.32 Å². The number of nitrogens with zero attached hydrogens (tertiary/aromatic N) is 3. The van der Waals surface area contributed by atoms with Gasteiger partial charge in [0.2, 0.25) is 11.7 Å². The van der Waals surface area contributed by atoms with Crippen molar-refractivity contribution in [3.05, 3.63) is 96.1 Å². The van der Waals surface area contributed by atoms with Gasteiger partial charge in [-0.25, -0.2) is 0 Å². The lowest BCUT2D eigenvalue weighted by Gasteiger charge is -2.18. The van der Waals surface area contributed by atoms with E-state index in [1.54, 1.807) is 0 Å². The fraction of sp³-hybridized carbons (Fsp3) is 0.0476. The van der Waals surface area contributed by atoms with Gasteiger partial charge in [-0.3, -0.25) is 4.79 Å². The van der Waals surface area contributed by atoms with E-state index in [1.807, 2.05) is 84.9 Å². The SMILES string of the molecule is O=C(Nc1cccc(-c2nn[nH]n2)c1)C(c1ccccc1)c1ccccc1. The molecule has 4 aromatic rings. The van der Waals surface area contributed by atoms with Crippen LogP contribution in [0.2, 0.25) is 0 Å². The van der Waals surface area contributed by atoms with Crippen LogP contribution in [0.1, 0.15) is 17.0 Å². The minimum absolute atomic E-state index is 0.0994. The van der Waals surface area contributed by atoms with Gasteiger partial charge < -0.3 is 5.32 Å². The lowest BCUT2D eigenvalue weighted by atomic mass is 9.90. The number of hydrogen-bond donors (Lipinski definition) is 2. The maximum absolute atomic E-state index is 13.2. The summed E-state index contributed by atoms with van der Waals surface area (Å²) in [4.78, 5) is 13.2. The van der Waals surface area contributed by atoms with Crippen molar-refractivity contribution in [2.45, 2.75) is 5.92 Å². The Hall–Kier alpha value is -3.80. The molecule has 1 aromatic heterocycles. The highest BCUT2D eigenvalue weighted by Crippen LogP contribution is 2.27. The minimum Gasteiger partial charge on any atom is -0.325 e. The van der Waals surface area contributed by atoms with Crippen LogP contribution in [0.15, 0.2) is 84.9 Å². The third-order valence-corrected chi connectivity index (χ3v) is 4.26. The number of carbonyl (C=O) groups is 1. The summed E-state index contributed by atoms with van der Waals surface area (Å²) in [5.41, 5.74) is 3.34. The second kappa shape index (κ2) is 7.61. The molecule has 0 atom stereocenters. The molecular formula is C21H17N5O. The summed E-state index contributed by atoms with van der Waals surface area (Å²) in [5, 5.41) is 17.0. The second-order valence-corrected chi connectivity index (χ2v) is 6.06. The molecular weight excluding hydrogens is 338 g/mol. The Kier molecular flexibility index (Phi) is 4.70. The predicted octanol–water partition coefficient (Wildman–Crippen LogP) is 3.64. The van der Waals surface area contributed by atoms with E-state index in [-0.39, 0.29) is 5.91 Å². The molecule has 1 heterocycles. The van der Waals surface area contributed by atoms with Crippen LogP contribution in [-0.4, -0.2) is 26.5 Å². The van der Waals surface area contributed by atoms with Gasteiger partial charge in [0.05, 0.1) is 5.92 Å². The Morgan fingerprint density at radius 1 is 0.852 bits per heavy atom. The Balaban J connectivity index is 1.64. The van der Waals surface area contributed by atoms with Gasteiger partial charge in [0, 0.05) is 11.3 Å². The number of anilines is 1. The van der Waals surface area contributed by atoms with E-state index >= 15 is 0 Å². The normalized spacial score (nSPS) is 10.7. The van der Waals surface area contributed by atoms with E-state index < -0.39 is 5.92 Å². The van der Waals surface area contributed by atoms with E-state index in [4.69, 9.17) is 0 Å². The molecule has 0 aliphatic carbocycles. The van der Waals surface area contributed by atoms with Crippen LogP contribution in [0.3, 0.4) is 0 Å². The molecule has 6 heteroatoms. The highest BCUT2D eigenvalue weighted by molar-refractivity contribution is 5.98. The Bertz CT molecular complexity index is 977. The first-order valence-corrected chi connectivity index (χ1v) is 8.56. The first-order chi connectivity index (χ1) is 13.3. The van der Waals surface area contributed by atoms with Crippen molar-refractivity contribution in [3.8, 4) is 11.4 Å². The number of rotatable bonds is 5. The molecule has 0 aliphatic heterocycles. The van der Waals surface area contributed by atoms with Crippen molar-refractivity contribution in [1.29, 1.82) is 0 Å². The van der Waals surface area contributed by atoms with E-state index in [1.165, 1.54) is 0 Å². The van der Waals surface area contributed by atoms with E-state index in [9.17, 15) is 4.79 Å². The average molecular weight is 355 g/mol. The predicted molar refractivity (Wildman–Crippen MR) is 103 cm³/mol. The van der Waals surface area contributed by atoms with Gasteiger partial charge in [-0.2, -0.15) is 5.21 Å². The van der Waals surface area contributed by atoms with Gasteiger partial charge >= 0.3 is 0 Å². The van der Waals surface area contributed by atoms with Crippen LogP contribution < -0.4 is 5.32 Å². The molecule has 0 unspecified atom stereocenters. The topological polar surface area (TPSA) is 83.6 Å². The maximum Gasteiger partial charge on any atom is 0.236 e. The molecule has 2 N–H and O–H groups in total. The number of hydrogen-bond acceptors (Lipinski definition) is 4. The standard InChI is InChI=1S/C21H17N5O/c27-21(22-18-13-7-12-17(14-18)20-23-25-26-24-20)19(15-8-3-1-4-9-15)16-10-5-2-6-11-16/h1-14,19H,(H,22,27)(H,23,24,25,26). The molecule has 4 rings (SSSR count). The molecule has 0 bridgehead atoms. The summed E-state index contributed by atoms with van der Waals surface area (Å²) in [6.07, 6.45) is 0. The molecule has 0 radical (unpaired) electrons. The largest absolute Gasteiger partial charge is 0.325 e. The van der Waals surface area contributed by atoms with Crippen molar-refractivity contribution in [3.63, 3.8) is 0 Å². The van der Waals surface area contributed by atoms with Crippen molar-refractivity contribution < 1.29 is 4.79 Å². The fourth-order valence-corrected chi connectivity index (χ4v) is 3.02. The third-order valence-electron chi connectivity index (χ3n) is 4.26. The quantitative estimate of drug-likeness (QED) is 0.572. The lowest BCUT2D eigenvalue weighted by molar-refractivity contribution is -0.116. The van der Waals surface area contributed by atoms with Crippen LogP contribution in [0.25, 0.3) is 11.4 Å². The number of aromatic amines is 1. The molecule has 0 spiro atoms. The summed E-state index contributed by atoms with van der Waals surface area (Å²) in [6.45, 7) is 0. The van der Waals surface area contributed by atoms with Gasteiger partial charge in [-0.05, 0) is 28.5 Å². The summed E-state index contributed by atoms with van der Waals surface area (Å²) in [5.74, 6) is -0.0207. The molecule has 0 aliphatic rings. The average Bonchev–Trinajstić information content (AvgIpc) is 3.25. The Morgan fingerprint density at radius 2 is 1.52 bits per heavy atom. The van der Waals surface area contributed by atoms with Crippen LogP contribution in [0, 0.1) is 0 Å². The smallest absolute Gasteiger partial charge is 0.236 e. The number of nitrogens with one attached hydrogen (secondary N) is 2. The van der Waals surface area contributed by atoms with Crippen LogP contribution in [-0.2, 0) is 4.79 Å². The summed E-state index contributed by atoms with van der Waals surface area (Å²) in [6, 6.07) is 26.9. The molecule has 1 amide bonds. The third kappa shape index (κ3) is 3.74. The molecule has 0 saturated heterocycles. The van der Waals surface area contributed by atoms with E-state index in [0.29, 0.717) is 11.5 Å². The van der Waals surface area contributed by atoms with Gasteiger partial charge in [0.25, 0.3) is 0 Å².